The lowest BCUT2D eigenvalue weighted by Gasteiger charge is -2.20. The Morgan fingerprint density at radius 3 is 2.43 bits per heavy atom. The smallest absolute Gasteiger partial charge is 0.0991 e. The molecule has 1 unspecified atom stereocenters. The third-order valence-corrected chi connectivity index (χ3v) is 1.98. The number of nitrogens with zero attached hydrogens (tertiary/aromatic N) is 2. The molecule has 1 N–H and O–H groups in total. The van der Waals surface area contributed by atoms with Crippen molar-refractivity contribution in [2.75, 3.05) is 18.5 Å². The summed E-state index contributed by atoms with van der Waals surface area (Å²) in [7, 11) is 1.91. The van der Waals surface area contributed by atoms with Gasteiger partial charge in [-0.1, -0.05) is 0 Å². The maximum absolute atomic E-state index is 9.19. The van der Waals surface area contributed by atoms with Crippen molar-refractivity contribution in [1.82, 2.24) is 0 Å². The molecule has 0 heterocycles. The zero-order chi connectivity index (χ0) is 10.6. The van der Waals surface area contributed by atoms with E-state index in [1.807, 2.05) is 24.1 Å². The van der Waals surface area contributed by atoms with E-state index in [1.54, 1.807) is 19.1 Å². The molecule has 0 saturated heterocycles. The molecule has 1 atom stereocenters. The number of likely N-dealkylation sites (N-methyl/N-ethyl adjacent to an activating group) is 1. The third-order valence-electron chi connectivity index (χ3n) is 1.98. The predicted molar refractivity (Wildman–Crippen MR) is 56.1 cm³/mol. The van der Waals surface area contributed by atoms with Gasteiger partial charge in [0.1, 0.15) is 0 Å². The van der Waals surface area contributed by atoms with Gasteiger partial charge in [0.05, 0.1) is 17.7 Å². The first-order chi connectivity index (χ1) is 6.63. The fourth-order valence-electron chi connectivity index (χ4n) is 1.29. The second kappa shape index (κ2) is 4.64. The Balaban J connectivity index is 2.72. The van der Waals surface area contributed by atoms with Gasteiger partial charge in [-0.05, 0) is 31.2 Å². The minimum absolute atomic E-state index is 0.351. The van der Waals surface area contributed by atoms with Crippen LogP contribution in [0.25, 0.3) is 0 Å². The molecule has 0 aliphatic heterocycles. The molecule has 74 valence electrons. The summed E-state index contributed by atoms with van der Waals surface area (Å²) in [5.74, 6) is 0. The van der Waals surface area contributed by atoms with E-state index in [0.717, 1.165) is 5.69 Å². The molecule has 0 aliphatic rings. The molecule has 1 aromatic carbocycles. The number of benzene rings is 1. The summed E-state index contributed by atoms with van der Waals surface area (Å²) in [4.78, 5) is 1.95. The monoisotopic (exact) mass is 190 g/mol. The van der Waals surface area contributed by atoms with Crippen molar-refractivity contribution in [2.45, 2.75) is 13.0 Å². The van der Waals surface area contributed by atoms with Crippen molar-refractivity contribution >= 4 is 5.69 Å². The predicted octanol–water partition coefficient (Wildman–Crippen LogP) is 1.38. The van der Waals surface area contributed by atoms with E-state index < -0.39 is 0 Å². The van der Waals surface area contributed by atoms with Crippen LogP contribution >= 0.6 is 0 Å². The highest BCUT2D eigenvalue weighted by Crippen LogP contribution is 2.13. The van der Waals surface area contributed by atoms with Crippen molar-refractivity contribution < 1.29 is 5.11 Å². The molecule has 0 aliphatic carbocycles. The van der Waals surface area contributed by atoms with Crippen LogP contribution in [0.4, 0.5) is 5.69 Å². The Morgan fingerprint density at radius 2 is 2.00 bits per heavy atom. The van der Waals surface area contributed by atoms with E-state index >= 15 is 0 Å². The molecule has 0 aromatic heterocycles. The minimum Gasteiger partial charge on any atom is -0.392 e. The second-order valence-corrected chi connectivity index (χ2v) is 3.39. The lowest BCUT2D eigenvalue weighted by Crippen LogP contribution is -2.26. The van der Waals surface area contributed by atoms with E-state index in [0.29, 0.717) is 12.1 Å². The van der Waals surface area contributed by atoms with Crippen LogP contribution in [-0.2, 0) is 0 Å². The molecular weight excluding hydrogens is 176 g/mol. The molecule has 3 nitrogen and oxygen atoms in total. The van der Waals surface area contributed by atoms with Crippen LogP contribution in [0.2, 0.25) is 0 Å². The SMILES string of the molecule is CC(O)CN(C)c1ccc(C#N)cc1. The first-order valence-electron chi connectivity index (χ1n) is 4.53. The zero-order valence-electron chi connectivity index (χ0n) is 8.44. The van der Waals surface area contributed by atoms with Gasteiger partial charge in [0.15, 0.2) is 0 Å². The second-order valence-electron chi connectivity index (χ2n) is 3.39. The van der Waals surface area contributed by atoms with E-state index in [2.05, 4.69) is 6.07 Å². The Bertz CT molecular complexity index is 324. The first-order valence-corrected chi connectivity index (χ1v) is 4.53. The van der Waals surface area contributed by atoms with Gasteiger partial charge in [-0.2, -0.15) is 5.26 Å². The summed E-state index contributed by atoms with van der Waals surface area (Å²) in [6, 6.07) is 9.36. The number of nitriles is 1. The topological polar surface area (TPSA) is 47.3 Å². The molecule has 0 spiro atoms. The number of aliphatic hydroxyl groups is 1. The van der Waals surface area contributed by atoms with Gasteiger partial charge >= 0.3 is 0 Å². The van der Waals surface area contributed by atoms with E-state index in [4.69, 9.17) is 5.26 Å². The highest BCUT2D eigenvalue weighted by Gasteiger charge is 2.03. The Labute approximate surface area is 84.2 Å². The summed E-state index contributed by atoms with van der Waals surface area (Å²) in [6.45, 7) is 2.34. The van der Waals surface area contributed by atoms with Crippen molar-refractivity contribution in [2.24, 2.45) is 0 Å². The summed E-state index contributed by atoms with van der Waals surface area (Å²) in [6.07, 6.45) is -0.351. The Hall–Kier alpha value is -1.53. The van der Waals surface area contributed by atoms with Crippen LogP contribution in [-0.4, -0.2) is 24.8 Å². The largest absolute Gasteiger partial charge is 0.392 e. The van der Waals surface area contributed by atoms with Crippen LogP contribution < -0.4 is 4.90 Å². The third kappa shape index (κ3) is 2.75. The molecular formula is C11H14N2O. The van der Waals surface area contributed by atoms with Crippen molar-refractivity contribution in [3.05, 3.63) is 29.8 Å². The van der Waals surface area contributed by atoms with Gasteiger partial charge in [-0.3, -0.25) is 0 Å². The van der Waals surface area contributed by atoms with Crippen LogP contribution in [0.15, 0.2) is 24.3 Å². The molecule has 0 fully saturated rings. The number of hydrogen-bond acceptors (Lipinski definition) is 3. The highest BCUT2D eigenvalue weighted by atomic mass is 16.3. The standard InChI is InChI=1S/C11H14N2O/c1-9(14)8-13(2)11-5-3-10(7-12)4-6-11/h3-6,9,14H,8H2,1-2H3. The highest BCUT2D eigenvalue weighted by molar-refractivity contribution is 5.49. The molecule has 0 amide bonds. The van der Waals surface area contributed by atoms with E-state index in [1.165, 1.54) is 0 Å². The average Bonchev–Trinajstić information content (AvgIpc) is 2.17. The van der Waals surface area contributed by atoms with Crippen LogP contribution in [0, 0.1) is 11.3 Å². The van der Waals surface area contributed by atoms with Gasteiger partial charge in [-0.25, -0.2) is 0 Å². The van der Waals surface area contributed by atoms with Gasteiger partial charge < -0.3 is 10.0 Å². The maximum Gasteiger partial charge on any atom is 0.0991 e. The summed E-state index contributed by atoms with van der Waals surface area (Å²) in [5, 5.41) is 17.8. The molecule has 3 heteroatoms. The average molecular weight is 190 g/mol. The van der Waals surface area contributed by atoms with Crippen molar-refractivity contribution in [3.63, 3.8) is 0 Å². The normalized spacial score (nSPS) is 11.9. The number of aliphatic hydroxyl groups excluding tert-OH is 1. The lowest BCUT2D eigenvalue weighted by molar-refractivity contribution is 0.201. The summed E-state index contributed by atoms with van der Waals surface area (Å²) in [5.41, 5.74) is 1.66. The lowest BCUT2D eigenvalue weighted by atomic mass is 10.2. The van der Waals surface area contributed by atoms with Gasteiger partial charge in [-0.15, -0.1) is 0 Å². The minimum atomic E-state index is -0.351. The van der Waals surface area contributed by atoms with E-state index in [9.17, 15) is 5.11 Å². The molecule has 1 aromatic rings. The van der Waals surface area contributed by atoms with Crippen LogP contribution in [0.1, 0.15) is 12.5 Å². The van der Waals surface area contributed by atoms with Gasteiger partial charge in [0.25, 0.3) is 0 Å². The molecule has 14 heavy (non-hydrogen) atoms. The van der Waals surface area contributed by atoms with E-state index in [-0.39, 0.29) is 6.10 Å². The quantitative estimate of drug-likeness (QED) is 0.783. The first kappa shape index (κ1) is 10.6. The Kier molecular flexibility index (Phi) is 3.49. The van der Waals surface area contributed by atoms with Crippen molar-refractivity contribution in [1.29, 1.82) is 5.26 Å². The fourth-order valence-corrected chi connectivity index (χ4v) is 1.29. The molecule has 1 rings (SSSR count). The maximum atomic E-state index is 9.19. The van der Waals surface area contributed by atoms with Crippen molar-refractivity contribution in [3.8, 4) is 6.07 Å². The summed E-state index contributed by atoms with van der Waals surface area (Å²) >= 11 is 0. The van der Waals surface area contributed by atoms with Crippen LogP contribution in [0.3, 0.4) is 0 Å². The van der Waals surface area contributed by atoms with Gasteiger partial charge in [0.2, 0.25) is 0 Å². The number of hydrogen-bond donors (Lipinski definition) is 1. The number of anilines is 1. The molecule has 0 saturated carbocycles. The molecule has 0 bridgehead atoms. The van der Waals surface area contributed by atoms with Gasteiger partial charge in [0, 0.05) is 19.3 Å². The van der Waals surface area contributed by atoms with Crippen LogP contribution in [0.5, 0.6) is 0 Å². The Morgan fingerprint density at radius 1 is 1.43 bits per heavy atom. The molecule has 0 radical (unpaired) electrons. The number of rotatable bonds is 3. The zero-order valence-corrected chi connectivity index (χ0v) is 8.44. The fraction of sp³-hybridized carbons (Fsp3) is 0.364. The summed E-state index contributed by atoms with van der Waals surface area (Å²) < 4.78 is 0.